The summed E-state index contributed by atoms with van der Waals surface area (Å²) in [5, 5.41) is 1.89. The monoisotopic (exact) mass is 318 g/mol. The van der Waals surface area contributed by atoms with Crippen molar-refractivity contribution in [2.45, 2.75) is 38.0 Å². The van der Waals surface area contributed by atoms with Crippen LogP contribution in [0.3, 0.4) is 0 Å². The Balaban J connectivity index is 2.04. The second-order valence-electron chi connectivity index (χ2n) is 4.85. The number of hydrogen-bond acceptors (Lipinski definition) is 6. The molecule has 1 N–H and O–H groups in total. The molecule has 6 nitrogen and oxygen atoms in total. The summed E-state index contributed by atoms with van der Waals surface area (Å²) in [5.74, 6) is -1.00. The van der Waals surface area contributed by atoms with Gasteiger partial charge in [-0.25, -0.2) is 18.1 Å². The summed E-state index contributed by atoms with van der Waals surface area (Å²) in [6.45, 7) is 2.03. The Morgan fingerprint density at radius 2 is 2.30 bits per heavy atom. The summed E-state index contributed by atoms with van der Waals surface area (Å²) >= 11 is 1.41. The van der Waals surface area contributed by atoms with Crippen molar-refractivity contribution < 1.29 is 17.9 Å². The maximum absolute atomic E-state index is 12.3. The van der Waals surface area contributed by atoms with Crippen LogP contribution >= 0.6 is 11.3 Å². The molecule has 1 aromatic heterocycles. The van der Waals surface area contributed by atoms with Crippen LogP contribution in [-0.4, -0.2) is 31.7 Å². The van der Waals surface area contributed by atoms with E-state index in [-0.39, 0.29) is 6.54 Å². The molecule has 0 amide bonds. The minimum Gasteiger partial charge on any atom is -0.469 e. The quantitative estimate of drug-likeness (QED) is 0.825. The molecule has 20 heavy (non-hydrogen) atoms. The van der Waals surface area contributed by atoms with Crippen molar-refractivity contribution in [3.8, 4) is 0 Å². The van der Waals surface area contributed by atoms with Crippen molar-refractivity contribution in [3.05, 3.63) is 16.1 Å². The number of sulfonamides is 1. The van der Waals surface area contributed by atoms with Gasteiger partial charge >= 0.3 is 5.97 Å². The first-order chi connectivity index (χ1) is 9.44. The van der Waals surface area contributed by atoms with Gasteiger partial charge in [0, 0.05) is 11.1 Å². The lowest BCUT2D eigenvalue weighted by Crippen LogP contribution is -2.39. The van der Waals surface area contributed by atoms with E-state index in [1.165, 1.54) is 18.4 Å². The number of carbonyl (C=O) groups is 1. The summed E-state index contributed by atoms with van der Waals surface area (Å²) in [5.41, 5.74) is 0.873. The molecule has 8 heteroatoms. The van der Waals surface area contributed by atoms with Gasteiger partial charge in [0.2, 0.25) is 10.0 Å². The third kappa shape index (κ3) is 3.36. The molecule has 2 rings (SSSR count). The van der Waals surface area contributed by atoms with Crippen molar-refractivity contribution in [1.29, 1.82) is 0 Å². The molecule has 0 radical (unpaired) electrons. The van der Waals surface area contributed by atoms with Crippen LogP contribution in [0, 0.1) is 12.8 Å². The molecule has 0 bridgehead atoms. The van der Waals surface area contributed by atoms with E-state index in [9.17, 15) is 13.2 Å². The van der Waals surface area contributed by atoms with Crippen LogP contribution in [0.1, 0.15) is 30.0 Å². The summed E-state index contributed by atoms with van der Waals surface area (Å²) in [4.78, 5) is 15.8. The fourth-order valence-electron chi connectivity index (χ4n) is 2.47. The minimum absolute atomic E-state index is 0.172. The molecule has 1 aromatic rings. The number of nitrogens with zero attached hydrogens (tertiary/aromatic N) is 1. The van der Waals surface area contributed by atoms with E-state index >= 15 is 0 Å². The molecular formula is C12H18N2O4S2. The first kappa shape index (κ1) is 15.4. The van der Waals surface area contributed by atoms with Gasteiger partial charge in [-0.3, -0.25) is 4.79 Å². The molecule has 1 saturated carbocycles. The van der Waals surface area contributed by atoms with Gasteiger partial charge in [0.15, 0.2) is 0 Å². The maximum Gasteiger partial charge on any atom is 0.310 e. The van der Waals surface area contributed by atoms with Gasteiger partial charge in [-0.05, 0) is 19.8 Å². The summed E-state index contributed by atoms with van der Waals surface area (Å²) < 4.78 is 31.8. The second-order valence-corrected chi connectivity index (χ2v) is 7.77. The second kappa shape index (κ2) is 6.19. The third-order valence-electron chi connectivity index (χ3n) is 3.45. The van der Waals surface area contributed by atoms with Crippen LogP contribution in [-0.2, 0) is 26.1 Å². The fraction of sp³-hybridized carbons (Fsp3) is 0.667. The minimum atomic E-state index is -3.54. The third-order valence-corrected chi connectivity index (χ3v) is 6.32. The highest BCUT2D eigenvalue weighted by Crippen LogP contribution is 2.31. The van der Waals surface area contributed by atoms with Crippen LogP contribution in [0.25, 0.3) is 0 Å². The SMILES string of the molecule is COC(=O)C1CCCC1S(=O)(=O)NCc1nc(C)cs1. The number of thiazole rings is 1. The Morgan fingerprint density at radius 1 is 1.55 bits per heavy atom. The number of aromatic nitrogens is 1. The zero-order valence-corrected chi connectivity index (χ0v) is 13.1. The van der Waals surface area contributed by atoms with Gasteiger partial charge in [0.05, 0.1) is 24.8 Å². The molecule has 1 heterocycles. The maximum atomic E-state index is 12.3. The number of esters is 1. The van der Waals surface area contributed by atoms with Crippen LogP contribution in [0.5, 0.6) is 0 Å². The van der Waals surface area contributed by atoms with E-state index in [4.69, 9.17) is 0 Å². The Hall–Kier alpha value is -0.990. The van der Waals surface area contributed by atoms with Crippen molar-refractivity contribution in [3.63, 3.8) is 0 Å². The zero-order valence-electron chi connectivity index (χ0n) is 11.5. The Bertz CT molecular complexity index is 582. The molecule has 1 aliphatic carbocycles. The molecule has 0 saturated heterocycles. The number of methoxy groups -OCH3 is 1. The lowest BCUT2D eigenvalue weighted by atomic mass is 10.1. The van der Waals surface area contributed by atoms with E-state index in [0.29, 0.717) is 12.8 Å². The van der Waals surface area contributed by atoms with E-state index in [1.807, 2.05) is 12.3 Å². The number of aryl methyl sites for hydroxylation is 1. The lowest BCUT2D eigenvalue weighted by molar-refractivity contribution is -0.145. The number of nitrogens with one attached hydrogen (secondary N) is 1. The Labute approximate surface area is 122 Å². The number of carbonyl (C=O) groups excluding carboxylic acids is 1. The summed E-state index contributed by atoms with van der Waals surface area (Å²) in [6, 6.07) is 0. The van der Waals surface area contributed by atoms with Crippen molar-refractivity contribution >= 4 is 27.3 Å². The zero-order chi connectivity index (χ0) is 14.8. The summed E-state index contributed by atoms with van der Waals surface area (Å²) in [6.07, 6.45) is 1.78. The number of hydrogen-bond donors (Lipinski definition) is 1. The topological polar surface area (TPSA) is 85.4 Å². The standard InChI is InChI=1S/C12H18N2O4S2/c1-8-7-19-11(14-8)6-13-20(16,17)10-5-3-4-9(10)12(15)18-2/h7,9-10,13H,3-6H2,1-2H3. The molecule has 0 aromatic carbocycles. The van der Waals surface area contributed by atoms with Crippen molar-refractivity contribution in [2.75, 3.05) is 7.11 Å². The van der Waals surface area contributed by atoms with Gasteiger partial charge in [-0.2, -0.15) is 0 Å². The average Bonchev–Trinajstić information content (AvgIpc) is 3.04. The average molecular weight is 318 g/mol. The molecule has 0 spiro atoms. The molecule has 1 aliphatic rings. The predicted octanol–water partition coefficient (Wildman–Crippen LogP) is 1.21. The highest BCUT2D eigenvalue weighted by atomic mass is 32.2. The fourth-order valence-corrected chi connectivity index (χ4v) is 4.98. The van der Waals surface area contributed by atoms with E-state index < -0.39 is 27.2 Å². The van der Waals surface area contributed by atoms with Crippen molar-refractivity contribution in [2.24, 2.45) is 5.92 Å². The largest absolute Gasteiger partial charge is 0.469 e. The number of ether oxygens (including phenoxy) is 1. The van der Waals surface area contributed by atoms with Crippen LogP contribution < -0.4 is 4.72 Å². The highest BCUT2D eigenvalue weighted by Gasteiger charge is 2.42. The van der Waals surface area contributed by atoms with Crippen LogP contribution in [0.2, 0.25) is 0 Å². The number of rotatable bonds is 5. The Morgan fingerprint density at radius 3 is 2.90 bits per heavy atom. The Kier molecular flexibility index (Phi) is 4.77. The lowest BCUT2D eigenvalue weighted by Gasteiger charge is -2.18. The highest BCUT2D eigenvalue weighted by molar-refractivity contribution is 7.90. The van der Waals surface area contributed by atoms with Gasteiger partial charge in [-0.1, -0.05) is 6.42 Å². The van der Waals surface area contributed by atoms with E-state index in [1.54, 1.807) is 0 Å². The molecular weight excluding hydrogens is 300 g/mol. The normalized spacial score (nSPS) is 22.9. The van der Waals surface area contributed by atoms with Gasteiger partial charge < -0.3 is 4.74 Å². The first-order valence-corrected chi connectivity index (χ1v) is 8.84. The molecule has 1 fully saturated rings. The van der Waals surface area contributed by atoms with E-state index in [0.717, 1.165) is 17.1 Å². The smallest absolute Gasteiger partial charge is 0.310 e. The van der Waals surface area contributed by atoms with Gasteiger partial charge in [0.25, 0.3) is 0 Å². The van der Waals surface area contributed by atoms with Crippen molar-refractivity contribution in [1.82, 2.24) is 9.71 Å². The molecule has 112 valence electrons. The van der Waals surface area contributed by atoms with Gasteiger partial charge in [0.1, 0.15) is 5.01 Å². The summed E-state index contributed by atoms with van der Waals surface area (Å²) in [7, 11) is -2.25. The first-order valence-electron chi connectivity index (χ1n) is 6.41. The van der Waals surface area contributed by atoms with Crippen LogP contribution in [0.15, 0.2) is 5.38 Å². The van der Waals surface area contributed by atoms with Crippen LogP contribution in [0.4, 0.5) is 0 Å². The molecule has 0 aliphatic heterocycles. The molecule has 2 unspecified atom stereocenters. The predicted molar refractivity (Wildman–Crippen MR) is 75.8 cm³/mol. The van der Waals surface area contributed by atoms with Gasteiger partial charge in [-0.15, -0.1) is 11.3 Å². The molecule has 2 atom stereocenters. The van der Waals surface area contributed by atoms with E-state index in [2.05, 4.69) is 14.4 Å².